The van der Waals surface area contributed by atoms with Crippen LogP contribution in [-0.4, -0.2) is 32.9 Å². The molecule has 0 spiro atoms. The Hall–Kier alpha value is -2.86. The van der Waals surface area contributed by atoms with Crippen LogP contribution in [0.15, 0.2) is 55.0 Å². The fraction of sp³-hybridized carbons (Fsp3) is 0.286. The maximum absolute atomic E-state index is 13.7. The zero-order chi connectivity index (χ0) is 18.6. The maximum atomic E-state index is 13.7. The van der Waals surface area contributed by atoms with E-state index in [4.69, 9.17) is 5.73 Å². The lowest BCUT2D eigenvalue weighted by Gasteiger charge is -2.33. The van der Waals surface area contributed by atoms with Gasteiger partial charge >= 0.3 is 0 Å². The smallest absolute Gasteiger partial charge is 0.220 e. The summed E-state index contributed by atoms with van der Waals surface area (Å²) in [5.41, 5.74) is 9.69. The highest BCUT2D eigenvalue weighted by Crippen LogP contribution is 2.33. The van der Waals surface area contributed by atoms with Crippen molar-refractivity contribution in [3.63, 3.8) is 0 Å². The molecular weight excluding hydrogens is 341 g/mol. The molecule has 1 saturated heterocycles. The summed E-state index contributed by atoms with van der Waals surface area (Å²) < 4.78 is 13.7. The summed E-state index contributed by atoms with van der Waals surface area (Å²) in [5, 5.41) is 0. The van der Waals surface area contributed by atoms with E-state index in [9.17, 15) is 4.39 Å². The lowest BCUT2D eigenvalue weighted by atomic mass is 9.89. The van der Waals surface area contributed by atoms with E-state index in [1.807, 2.05) is 30.6 Å². The maximum Gasteiger partial charge on any atom is 0.220 e. The van der Waals surface area contributed by atoms with Crippen LogP contribution >= 0.6 is 0 Å². The van der Waals surface area contributed by atoms with E-state index in [2.05, 4.69) is 19.9 Å². The lowest BCUT2D eigenvalue weighted by molar-refractivity contribution is 0.198. The summed E-state index contributed by atoms with van der Waals surface area (Å²) in [6.45, 7) is 2.82. The molecule has 0 aliphatic carbocycles. The van der Waals surface area contributed by atoms with Crippen LogP contribution in [0.25, 0.3) is 11.1 Å². The Morgan fingerprint density at radius 1 is 1.19 bits per heavy atom. The summed E-state index contributed by atoms with van der Waals surface area (Å²) in [7, 11) is 0. The molecule has 1 aliphatic rings. The van der Waals surface area contributed by atoms with Gasteiger partial charge in [-0.05, 0) is 54.8 Å². The predicted molar refractivity (Wildman–Crippen MR) is 103 cm³/mol. The van der Waals surface area contributed by atoms with Crippen LogP contribution in [0.1, 0.15) is 30.0 Å². The van der Waals surface area contributed by atoms with E-state index in [1.54, 1.807) is 12.3 Å². The molecule has 2 N–H and O–H groups in total. The van der Waals surface area contributed by atoms with Crippen molar-refractivity contribution in [2.45, 2.75) is 25.3 Å². The largest absolute Gasteiger partial charge is 0.368 e. The molecule has 2 aromatic heterocycles. The van der Waals surface area contributed by atoms with Gasteiger partial charge in [0.1, 0.15) is 5.82 Å². The van der Waals surface area contributed by atoms with E-state index in [0.717, 1.165) is 49.3 Å². The molecule has 3 aromatic rings. The first-order chi connectivity index (χ1) is 13.2. The van der Waals surface area contributed by atoms with Crippen molar-refractivity contribution in [2.75, 3.05) is 18.8 Å². The van der Waals surface area contributed by atoms with Gasteiger partial charge in [0.15, 0.2) is 0 Å². The first-order valence-corrected chi connectivity index (χ1v) is 9.18. The number of likely N-dealkylation sites (tertiary alicyclic amines) is 1. The Bertz CT molecular complexity index is 915. The van der Waals surface area contributed by atoms with Crippen LogP contribution < -0.4 is 5.73 Å². The van der Waals surface area contributed by atoms with E-state index >= 15 is 0 Å². The minimum atomic E-state index is -0.266. The monoisotopic (exact) mass is 363 g/mol. The number of nitrogen functional groups attached to an aromatic ring is 1. The van der Waals surface area contributed by atoms with Gasteiger partial charge in [0.2, 0.25) is 5.95 Å². The summed E-state index contributed by atoms with van der Waals surface area (Å²) in [5.74, 6) is 0.235. The SMILES string of the molecule is Nc1ncc(-c2cccc(F)c2)c(C2CCCN(Cc3ccncc3)C2)n1. The number of hydrogen-bond acceptors (Lipinski definition) is 5. The average Bonchev–Trinajstić information content (AvgIpc) is 2.69. The molecule has 3 heterocycles. The summed E-state index contributed by atoms with van der Waals surface area (Å²) >= 11 is 0. The van der Waals surface area contributed by atoms with E-state index in [0.29, 0.717) is 0 Å². The third-order valence-electron chi connectivity index (χ3n) is 5.02. The molecule has 138 valence electrons. The van der Waals surface area contributed by atoms with Crippen molar-refractivity contribution in [3.8, 4) is 11.1 Å². The second kappa shape index (κ2) is 7.80. The number of halogens is 1. The normalized spacial score (nSPS) is 17.7. The van der Waals surface area contributed by atoms with Gasteiger partial charge in [0, 0.05) is 43.2 Å². The molecule has 4 rings (SSSR count). The summed E-state index contributed by atoms with van der Waals surface area (Å²) in [4.78, 5) is 15.2. The van der Waals surface area contributed by atoms with Gasteiger partial charge in [-0.1, -0.05) is 12.1 Å². The third kappa shape index (κ3) is 4.11. The number of nitrogens with two attached hydrogens (primary N) is 1. The van der Waals surface area contributed by atoms with Crippen molar-refractivity contribution in [3.05, 3.63) is 72.1 Å². The molecule has 1 aromatic carbocycles. The Morgan fingerprint density at radius 3 is 2.85 bits per heavy atom. The highest BCUT2D eigenvalue weighted by atomic mass is 19.1. The summed E-state index contributed by atoms with van der Waals surface area (Å²) in [6, 6.07) is 10.7. The molecule has 6 heteroatoms. The highest BCUT2D eigenvalue weighted by Gasteiger charge is 2.25. The molecule has 1 unspecified atom stereocenters. The van der Waals surface area contributed by atoms with E-state index in [1.165, 1.54) is 17.7 Å². The van der Waals surface area contributed by atoms with Gasteiger partial charge < -0.3 is 5.73 Å². The Balaban J connectivity index is 1.61. The molecule has 1 atom stereocenters. The zero-order valence-corrected chi connectivity index (χ0v) is 15.1. The zero-order valence-electron chi connectivity index (χ0n) is 15.1. The van der Waals surface area contributed by atoms with Gasteiger partial charge in [-0.15, -0.1) is 0 Å². The molecule has 1 aliphatic heterocycles. The Kier molecular flexibility index (Phi) is 5.07. The molecule has 5 nitrogen and oxygen atoms in total. The van der Waals surface area contributed by atoms with Crippen LogP contribution in [0.2, 0.25) is 0 Å². The predicted octanol–water partition coefficient (Wildman–Crippen LogP) is 3.64. The van der Waals surface area contributed by atoms with Gasteiger partial charge in [-0.2, -0.15) is 0 Å². The fourth-order valence-corrected chi connectivity index (χ4v) is 3.77. The molecule has 0 bridgehead atoms. The number of benzene rings is 1. The third-order valence-corrected chi connectivity index (χ3v) is 5.02. The minimum absolute atomic E-state index is 0.240. The molecule has 1 fully saturated rings. The average molecular weight is 363 g/mol. The van der Waals surface area contributed by atoms with Gasteiger partial charge in [0.25, 0.3) is 0 Å². The number of rotatable bonds is 4. The van der Waals surface area contributed by atoms with Crippen molar-refractivity contribution in [2.24, 2.45) is 0 Å². The quantitative estimate of drug-likeness (QED) is 0.766. The van der Waals surface area contributed by atoms with Gasteiger partial charge in [-0.3, -0.25) is 9.88 Å². The first kappa shape index (κ1) is 17.5. The van der Waals surface area contributed by atoms with E-state index in [-0.39, 0.29) is 17.7 Å². The molecule has 0 amide bonds. The second-order valence-corrected chi connectivity index (χ2v) is 6.97. The number of aromatic nitrogens is 3. The molecule has 27 heavy (non-hydrogen) atoms. The number of piperidine rings is 1. The van der Waals surface area contributed by atoms with Crippen molar-refractivity contribution in [1.82, 2.24) is 19.9 Å². The standard InChI is InChI=1S/C21H22FN5/c22-18-5-1-3-16(11-18)19-12-25-21(23)26-20(19)17-4-2-10-27(14-17)13-15-6-8-24-9-7-15/h1,3,5-9,11-12,17H,2,4,10,13-14H2,(H2,23,25,26). The first-order valence-electron chi connectivity index (χ1n) is 9.18. The topological polar surface area (TPSA) is 67.9 Å². The minimum Gasteiger partial charge on any atom is -0.368 e. The fourth-order valence-electron chi connectivity index (χ4n) is 3.77. The van der Waals surface area contributed by atoms with Crippen LogP contribution in [-0.2, 0) is 6.54 Å². The highest BCUT2D eigenvalue weighted by molar-refractivity contribution is 5.66. The Morgan fingerprint density at radius 2 is 2.04 bits per heavy atom. The number of anilines is 1. The van der Waals surface area contributed by atoms with Crippen LogP contribution in [0.5, 0.6) is 0 Å². The van der Waals surface area contributed by atoms with Gasteiger partial charge in [-0.25, -0.2) is 14.4 Å². The van der Waals surface area contributed by atoms with E-state index < -0.39 is 0 Å². The molecular formula is C21H22FN5. The van der Waals surface area contributed by atoms with Crippen LogP contribution in [0.3, 0.4) is 0 Å². The van der Waals surface area contributed by atoms with Crippen molar-refractivity contribution < 1.29 is 4.39 Å². The van der Waals surface area contributed by atoms with Gasteiger partial charge in [0.05, 0.1) is 5.69 Å². The second-order valence-electron chi connectivity index (χ2n) is 6.97. The lowest BCUT2D eigenvalue weighted by Crippen LogP contribution is -2.34. The Labute approximate surface area is 158 Å². The number of pyridine rings is 1. The van der Waals surface area contributed by atoms with Crippen LogP contribution in [0, 0.1) is 5.82 Å². The number of hydrogen-bond donors (Lipinski definition) is 1. The van der Waals surface area contributed by atoms with Crippen molar-refractivity contribution in [1.29, 1.82) is 0 Å². The number of nitrogens with zero attached hydrogens (tertiary/aromatic N) is 4. The van der Waals surface area contributed by atoms with Crippen LogP contribution in [0.4, 0.5) is 10.3 Å². The molecule has 0 radical (unpaired) electrons. The van der Waals surface area contributed by atoms with Crippen molar-refractivity contribution >= 4 is 5.95 Å². The molecule has 0 saturated carbocycles. The summed E-state index contributed by atoms with van der Waals surface area (Å²) in [6.07, 6.45) is 7.48.